The highest BCUT2D eigenvalue weighted by Gasteiger charge is 1.89. The first kappa shape index (κ1) is 7.84. The Morgan fingerprint density at radius 2 is 2.38 bits per heavy atom. The minimum Gasteiger partial charge on any atom is -0.394 e. The number of aliphatic hydroxyl groups is 2. The van der Waals surface area contributed by atoms with Crippen LogP contribution in [-0.4, -0.2) is 29.7 Å². The minimum absolute atomic E-state index is 0.0419. The van der Waals surface area contributed by atoms with Crippen molar-refractivity contribution in [2.75, 3.05) is 13.2 Å². The maximum Gasteiger partial charge on any atom is 0.124 e. The maximum absolute atomic E-state index is 8.46. The molecule has 0 rings (SSSR count). The molecule has 0 saturated heterocycles. The van der Waals surface area contributed by atoms with Crippen LogP contribution in [0.5, 0.6) is 0 Å². The van der Waals surface area contributed by atoms with E-state index in [2.05, 4.69) is 10.3 Å². The summed E-state index contributed by atoms with van der Waals surface area (Å²) in [6.45, 7) is 1.68. The molecule has 0 aromatic carbocycles. The van der Waals surface area contributed by atoms with E-state index in [0.29, 0.717) is 0 Å². The molecule has 0 aromatic rings. The average molecular weight is 121 g/mol. The number of aliphatic hydroxyl groups excluding tert-OH is 2. The Balaban J connectivity index is 2.72. The fourth-order valence-corrected chi connectivity index (χ4v) is 0.225. The summed E-state index contributed by atoms with van der Waals surface area (Å²) in [5, 5.41) is 16.6. The van der Waals surface area contributed by atoms with Crippen LogP contribution in [-0.2, 0) is 4.84 Å². The second-order valence-corrected chi connectivity index (χ2v) is 1.37. The SMILES string of the molecule is CC(O)NOCCO. The van der Waals surface area contributed by atoms with Gasteiger partial charge in [-0.05, 0) is 6.92 Å². The largest absolute Gasteiger partial charge is 0.394 e. The number of rotatable bonds is 4. The molecule has 0 aliphatic heterocycles. The highest BCUT2D eigenvalue weighted by Crippen LogP contribution is 1.70. The molecule has 4 nitrogen and oxygen atoms in total. The summed E-state index contributed by atoms with van der Waals surface area (Å²) in [4.78, 5) is 4.49. The maximum atomic E-state index is 8.46. The van der Waals surface area contributed by atoms with Gasteiger partial charge >= 0.3 is 0 Å². The fourth-order valence-electron chi connectivity index (χ4n) is 0.225. The molecule has 0 bridgehead atoms. The van der Waals surface area contributed by atoms with Crippen LogP contribution in [0.2, 0.25) is 0 Å². The summed E-state index contributed by atoms with van der Waals surface area (Å²) in [5.74, 6) is 0. The van der Waals surface area contributed by atoms with Gasteiger partial charge in [0.15, 0.2) is 0 Å². The first-order valence-electron chi connectivity index (χ1n) is 2.43. The second kappa shape index (κ2) is 4.99. The molecule has 0 aliphatic rings. The third-order valence-electron chi connectivity index (χ3n) is 0.447. The van der Waals surface area contributed by atoms with E-state index in [0.717, 1.165) is 0 Å². The van der Waals surface area contributed by atoms with Crippen molar-refractivity contribution in [1.29, 1.82) is 0 Å². The van der Waals surface area contributed by atoms with E-state index in [1.54, 1.807) is 0 Å². The summed E-state index contributed by atoms with van der Waals surface area (Å²) in [6.07, 6.45) is -0.679. The molecule has 0 aromatic heterocycles. The molecule has 0 radical (unpaired) electrons. The van der Waals surface area contributed by atoms with Crippen molar-refractivity contribution < 1.29 is 15.1 Å². The summed E-state index contributed by atoms with van der Waals surface area (Å²) in [6, 6.07) is 0. The predicted octanol–water partition coefficient (Wildman–Crippen LogP) is -1.16. The number of nitrogens with one attached hydrogen (secondary N) is 1. The van der Waals surface area contributed by atoms with Gasteiger partial charge in [-0.25, -0.2) is 0 Å². The zero-order chi connectivity index (χ0) is 6.41. The predicted molar refractivity (Wildman–Crippen MR) is 27.9 cm³/mol. The van der Waals surface area contributed by atoms with Gasteiger partial charge in [-0.1, -0.05) is 0 Å². The van der Waals surface area contributed by atoms with Crippen molar-refractivity contribution >= 4 is 0 Å². The molecule has 8 heavy (non-hydrogen) atoms. The molecule has 1 atom stereocenters. The van der Waals surface area contributed by atoms with E-state index in [1.165, 1.54) is 6.92 Å². The Bertz CT molecular complexity index is 48.5. The van der Waals surface area contributed by atoms with Crippen LogP contribution < -0.4 is 5.48 Å². The first-order chi connectivity index (χ1) is 3.77. The molecule has 0 heterocycles. The number of hydrogen-bond acceptors (Lipinski definition) is 4. The van der Waals surface area contributed by atoms with Crippen LogP contribution in [0.25, 0.3) is 0 Å². The second-order valence-electron chi connectivity index (χ2n) is 1.37. The number of hydroxylamine groups is 1. The Morgan fingerprint density at radius 3 is 2.75 bits per heavy atom. The zero-order valence-electron chi connectivity index (χ0n) is 4.79. The van der Waals surface area contributed by atoms with Crippen molar-refractivity contribution in [3.05, 3.63) is 0 Å². The van der Waals surface area contributed by atoms with Crippen LogP contribution in [0.4, 0.5) is 0 Å². The lowest BCUT2D eigenvalue weighted by Crippen LogP contribution is -2.26. The molecule has 3 N–H and O–H groups in total. The summed E-state index contributed by atoms with van der Waals surface area (Å²) in [5.41, 5.74) is 2.24. The summed E-state index contributed by atoms with van der Waals surface area (Å²) >= 11 is 0. The lowest BCUT2D eigenvalue weighted by molar-refractivity contribution is -0.0583. The smallest absolute Gasteiger partial charge is 0.124 e. The quantitative estimate of drug-likeness (QED) is 0.249. The van der Waals surface area contributed by atoms with Gasteiger partial charge < -0.3 is 10.2 Å². The van der Waals surface area contributed by atoms with E-state index in [9.17, 15) is 0 Å². The molecule has 50 valence electrons. The summed E-state index contributed by atoms with van der Waals surface area (Å²) < 4.78 is 0. The molecule has 0 spiro atoms. The third kappa shape index (κ3) is 5.84. The van der Waals surface area contributed by atoms with E-state index in [1.807, 2.05) is 0 Å². The van der Waals surface area contributed by atoms with Crippen molar-refractivity contribution in [1.82, 2.24) is 5.48 Å². The lowest BCUT2D eigenvalue weighted by atomic mass is 10.7. The zero-order valence-corrected chi connectivity index (χ0v) is 4.79. The molecular weight excluding hydrogens is 110 g/mol. The Morgan fingerprint density at radius 1 is 1.75 bits per heavy atom. The monoisotopic (exact) mass is 121 g/mol. The molecule has 0 amide bonds. The molecule has 4 heteroatoms. The van der Waals surface area contributed by atoms with Gasteiger partial charge in [0, 0.05) is 0 Å². The van der Waals surface area contributed by atoms with Crippen LogP contribution in [0, 0.1) is 0 Å². The third-order valence-corrected chi connectivity index (χ3v) is 0.447. The Hall–Kier alpha value is -0.160. The van der Waals surface area contributed by atoms with Gasteiger partial charge in [0.2, 0.25) is 0 Å². The topological polar surface area (TPSA) is 61.7 Å². The van der Waals surface area contributed by atoms with Gasteiger partial charge in [0.1, 0.15) is 6.23 Å². The van der Waals surface area contributed by atoms with E-state index < -0.39 is 6.23 Å². The van der Waals surface area contributed by atoms with E-state index in [4.69, 9.17) is 10.2 Å². The van der Waals surface area contributed by atoms with Crippen molar-refractivity contribution in [2.45, 2.75) is 13.2 Å². The van der Waals surface area contributed by atoms with Crippen LogP contribution in [0.3, 0.4) is 0 Å². The van der Waals surface area contributed by atoms with Gasteiger partial charge in [-0.2, -0.15) is 5.48 Å². The molecule has 0 saturated carbocycles. The molecule has 1 unspecified atom stereocenters. The Kier molecular flexibility index (Phi) is 4.89. The average Bonchev–Trinajstić information content (AvgIpc) is 1.66. The molecular formula is C4H11NO3. The van der Waals surface area contributed by atoms with Crippen molar-refractivity contribution in [3.63, 3.8) is 0 Å². The van der Waals surface area contributed by atoms with Crippen molar-refractivity contribution in [2.24, 2.45) is 0 Å². The van der Waals surface area contributed by atoms with Crippen LogP contribution in [0.15, 0.2) is 0 Å². The van der Waals surface area contributed by atoms with Crippen LogP contribution in [0.1, 0.15) is 6.92 Å². The standard InChI is InChI=1S/C4H11NO3/c1-4(7)5-8-3-2-6/h4-7H,2-3H2,1H3. The minimum atomic E-state index is -0.679. The first-order valence-corrected chi connectivity index (χ1v) is 2.43. The van der Waals surface area contributed by atoms with Gasteiger partial charge in [-0.15, -0.1) is 0 Å². The highest BCUT2D eigenvalue weighted by molar-refractivity contribution is 4.26. The molecule has 0 fully saturated rings. The van der Waals surface area contributed by atoms with E-state index >= 15 is 0 Å². The Labute approximate surface area is 48.0 Å². The number of hydrogen-bond donors (Lipinski definition) is 3. The van der Waals surface area contributed by atoms with Gasteiger partial charge in [0.05, 0.1) is 13.2 Å². The summed E-state index contributed by atoms with van der Waals surface area (Å²) in [7, 11) is 0. The van der Waals surface area contributed by atoms with Gasteiger partial charge in [0.25, 0.3) is 0 Å². The normalized spacial score (nSPS) is 13.9. The lowest BCUT2D eigenvalue weighted by Gasteiger charge is -2.04. The fraction of sp³-hybridized carbons (Fsp3) is 1.00. The molecule has 0 aliphatic carbocycles. The van der Waals surface area contributed by atoms with Crippen molar-refractivity contribution in [3.8, 4) is 0 Å². The highest BCUT2D eigenvalue weighted by atomic mass is 16.7. The van der Waals surface area contributed by atoms with Crippen LogP contribution >= 0.6 is 0 Å². The van der Waals surface area contributed by atoms with E-state index in [-0.39, 0.29) is 13.2 Å². The van der Waals surface area contributed by atoms with Gasteiger partial charge in [-0.3, -0.25) is 4.84 Å².